The van der Waals surface area contributed by atoms with Gasteiger partial charge in [0.05, 0.1) is 16.9 Å². The number of alkyl halides is 3. The highest BCUT2D eigenvalue weighted by atomic mass is 19.4. The molecule has 3 rings (SSSR count). The molecule has 0 aliphatic rings. The molecular weight excluding hydrogens is 307 g/mol. The Morgan fingerprint density at radius 2 is 1.91 bits per heavy atom. The molecule has 8 heteroatoms. The van der Waals surface area contributed by atoms with Crippen LogP contribution >= 0.6 is 0 Å². The van der Waals surface area contributed by atoms with Crippen LogP contribution in [0.4, 0.5) is 19.0 Å². The molecule has 0 spiro atoms. The smallest absolute Gasteiger partial charge is 0.360 e. The van der Waals surface area contributed by atoms with Crippen molar-refractivity contribution in [3.63, 3.8) is 0 Å². The van der Waals surface area contributed by atoms with Crippen LogP contribution in [0.25, 0.3) is 10.9 Å². The standard InChI is InChI=1S/C15H12F3N5/c1-9(11-7-4-8-19-11)22-23-13-10-5-2-3-6-12(10)20-14(21-13)15(16,17)18/h2-8,19H,1H3,(H,20,21,23)/b22-9+. The van der Waals surface area contributed by atoms with Crippen LogP contribution in [0.3, 0.4) is 0 Å². The van der Waals surface area contributed by atoms with Gasteiger partial charge < -0.3 is 4.98 Å². The minimum absolute atomic E-state index is 0.00818. The zero-order chi connectivity index (χ0) is 16.4. The van der Waals surface area contributed by atoms with Gasteiger partial charge in [0.15, 0.2) is 5.82 Å². The minimum Gasteiger partial charge on any atom is -0.360 e. The fourth-order valence-electron chi connectivity index (χ4n) is 2.04. The second-order valence-corrected chi connectivity index (χ2v) is 4.80. The van der Waals surface area contributed by atoms with Crippen LogP contribution < -0.4 is 5.43 Å². The summed E-state index contributed by atoms with van der Waals surface area (Å²) in [6, 6.07) is 10.1. The summed E-state index contributed by atoms with van der Waals surface area (Å²) in [7, 11) is 0. The Hall–Kier alpha value is -2.90. The summed E-state index contributed by atoms with van der Waals surface area (Å²) in [5, 5.41) is 4.55. The predicted octanol–water partition coefficient (Wildman–Crippen LogP) is 3.81. The van der Waals surface area contributed by atoms with E-state index in [0.29, 0.717) is 11.1 Å². The Morgan fingerprint density at radius 1 is 1.13 bits per heavy atom. The summed E-state index contributed by atoms with van der Waals surface area (Å²) < 4.78 is 38.8. The molecule has 0 atom stereocenters. The summed E-state index contributed by atoms with van der Waals surface area (Å²) in [6.07, 6.45) is -2.89. The molecule has 1 aromatic carbocycles. The van der Waals surface area contributed by atoms with Crippen molar-refractivity contribution in [1.82, 2.24) is 15.0 Å². The number of aromatic amines is 1. The minimum atomic E-state index is -4.63. The number of fused-ring (bicyclic) bond motifs is 1. The highest BCUT2D eigenvalue weighted by Gasteiger charge is 2.35. The van der Waals surface area contributed by atoms with E-state index in [2.05, 4.69) is 25.5 Å². The zero-order valence-corrected chi connectivity index (χ0v) is 12.0. The number of aromatic nitrogens is 3. The lowest BCUT2D eigenvalue weighted by Gasteiger charge is -2.10. The van der Waals surface area contributed by atoms with E-state index >= 15 is 0 Å². The van der Waals surface area contributed by atoms with Gasteiger partial charge in [-0.3, -0.25) is 5.43 Å². The Balaban J connectivity index is 2.03. The lowest BCUT2D eigenvalue weighted by atomic mass is 10.2. The van der Waals surface area contributed by atoms with Crippen molar-refractivity contribution in [2.45, 2.75) is 13.1 Å². The number of rotatable bonds is 3. The van der Waals surface area contributed by atoms with Crippen molar-refractivity contribution in [2.75, 3.05) is 5.43 Å². The first-order valence-corrected chi connectivity index (χ1v) is 6.73. The van der Waals surface area contributed by atoms with Crippen molar-refractivity contribution in [3.05, 3.63) is 54.1 Å². The molecule has 0 saturated carbocycles. The van der Waals surface area contributed by atoms with E-state index in [1.54, 1.807) is 43.5 Å². The van der Waals surface area contributed by atoms with Crippen molar-refractivity contribution >= 4 is 22.4 Å². The van der Waals surface area contributed by atoms with Gasteiger partial charge in [0, 0.05) is 11.6 Å². The number of anilines is 1. The fourth-order valence-corrected chi connectivity index (χ4v) is 2.04. The largest absolute Gasteiger partial charge is 0.451 e. The molecule has 2 heterocycles. The molecule has 0 aliphatic heterocycles. The third-order valence-electron chi connectivity index (χ3n) is 3.17. The third kappa shape index (κ3) is 3.15. The normalized spacial score (nSPS) is 12.6. The molecule has 2 N–H and O–H groups in total. The van der Waals surface area contributed by atoms with Crippen molar-refractivity contribution in [2.24, 2.45) is 5.10 Å². The Kier molecular flexibility index (Phi) is 3.73. The first kappa shape index (κ1) is 15.0. The number of H-pyrrole nitrogens is 1. The van der Waals surface area contributed by atoms with Gasteiger partial charge in [0.1, 0.15) is 0 Å². The van der Waals surface area contributed by atoms with Gasteiger partial charge in [-0.25, -0.2) is 9.97 Å². The van der Waals surface area contributed by atoms with Crippen molar-refractivity contribution in [1.29, 1.82) is 0 Å². The first-order chi connectivity index (χ1) is 10.9. The average molecular weight is 319 g/mol. The van der Waals surface area contributed by atoms with E-state index in [1.807, 2.05) is 0 Å². The van der Waals surface area contributed by atoms with Crippen molar-refractivity contribution in [3.8, 4) is 0 Å². The number of nitrogens with zero attached hydrogens (tertiary/aromatic N) is 3. The maximum absolute atomic E-state index is 12.9. The highest BCUT2D eigenvalue weighted by Crippen LogP contribution is 2.30. The Morgan fingerprint density at radius 3 is 2.61 bits per heavy atom. The highest BCUT2D eigenvalue weighted by molar-refractivity contribution is 5.98. The van der Waals surface area contributed by atoms with E-state index in [9.17, 15) is 13.2 Å². The number of benzene rings is 1. The lowest BCUT2D eigenvalue weighted by Crippen LogP contribution is -2.13. The quantitative estimate of drug-likeness (QED) is 0.570. The van der Waals surface area contributed by atoms with Crippen LogP contribution in [0.2, 0.25) is 0 Å². The van der Waals surface area contributed by atoms with E-state index < -0.39 is 12.0 Å². The van der Waals surface area contributed by atoms with Crippen LogP contribution in [-0.2, 0) is 6.18 Å². The second kappa shape index (κ2) is 5.71. The molecular formula is C15H12F3N5. The number of hydrogen-bond acceptors (Lipinski definition) is 4. The van der Waals surface area contributed by atoms with Gasteiger partial charge in [-0.1, -0.05) is 12.1 Å². The summed E-state index contributed by atoms with van der Waals surface area (Å²) >= 11 is 0. The van der Waals surface area contributed by atoms with E-state index in [1.165, 1.54) is 6.07 Å². The molecule has 0 radical (unpaired) electrons. The third-order valence-corrected chi connectivity index (χ3v) is 3.17. The predicted molar refractivity (Wildman–Crippen MR) is 81.2 cm³/mol. The van der Waals surface area contributed by atoms with Gasteiger partial charge in [0.25, 0.3) is 0 Å². The van der Waals surface area contributed by atoms with Crippen molar-refractivity contribution < 1.29 is 13.2 Å². The Bertz CT molecular complexity index is 853. The molecule has 5 nitrogen and oxygen atoms in total. The van der Waals surface area contributed by atoms with Gasteiger partial charge >= 0.3 is 6.18 Å². The van der Waals surface area contributed by atoms with Gasteiger partial charge in [-0.2, -0.15) is 18.3 Å². The molecule has 0 unspecified atom stereocenters. The molecule has 0 fully saturated rings. The van der Waals surface area contributed by atoms with Gasteiger partial charge in [-0.05, 0) is 31.2 Å². The van der Waals surface area contributed by atoms with Crippen LogP contribution in [0.15, 0.2) is 47.7 Å². The summed E-state index contributed by atoms with van der Waals surface area (Å²) in [5.41, 5.74) is 4.15. The van der Waals surface area contributed by atoms with Crippen LogP contribution in [0.5, 0.6) is 0 Å². The van der Waals surface area contributed by atoms with Crippen LogP contribution in [-0.4, -0.2) is 20.7 Å². The van der Waals surface area contributed by atoms with Crippen LogP contribution in [0.1, 0.15) is 18.4 Å². The molecule has 3 aromatic rings. The first-order valence-electron chi connectivity index (χ1n) is 6.73. The topological polar surface area (TPSA) is 66.0 Å². The van der Waals surface area contributed by atoms with Gasteiger partial charge in [0.2, 0.25) is 5.82 Å². The maximum Gasteiger partial charge on any atom is 0.451 e. The molecule has 0 amide bonds. The Labute approximate surface area is 129 Å². The number of para-hydroxylation sites is 1. The lowest BCUT2D eigenvalue weighted by molar-refractivity contribution is -0.144. The number of halogens is 3. The molecule has 23 heavy (non-hydrogen) atoms. The monoisotopic (exact) mass is 319 g/mol. The van der Waals surface area contributed by atoms with Gasteiger partial charge in [-0.15, -0.1) is 0 Å². The molecule has 0 bridgehead atoms. The average Bonchev–Trinajstić information content (AvgIpc) is 3.05. The maximum atomic E-state index is 12.9. The summed E-state index contributed by atoms with van der Waals surface area (Å²) in [5.74, 6) is -1.19. The number of hydrogen-bond donors (Lipinski definition) is 2. The molecule has 2 aromatic heterocycles. The number of nitrogens with one attached hydrogen (secondary N) is 2. The summed E-state index contributed by atoms with van der Waals surface area (Å²) in [4.78, 5) is 10.1. The van der Waals surface area contributed by atoms with E-state index in [0.717, 1.165) is 5.69 Å². The number of hydrazone groups is 1. The fraction of sp³-hybridized carbons (Fsp3) is 0.133. The zero-order valence-electron chi connectivity index (χ0n) is 12.0. The SMILES string of the molecule is C/C(=N\Nc1nc(C(F)(F)F)nc2ccccc12)c1ccc[nH]1. The molecule has 0 aliphatic carbocycles. The van der Waals surface area contributed by atoms with E-state index in [-0.39, 0.29) is 11.3 Å². The van der Waals surface area contributed by atoms with E-state index in [4.69, 9.17) is 0 Å². The second-order valence-electron chi connectivity index (χ2n) is 4.80. The summed E-state index contributed by atoms with van der Waals surface area (Å²) in [6.45, 7) is 1.73. The van der Waals surface area contributed by atoms with Crippen LogP contribution in [0, 0.1) is 0 Å². The molecule has 0 saturated heterocycles. The molecule has 118 valence electrons.